The molecule has 0 N–H and O–H groups in total. The largest absolute Gasteiger partial charge is 0.426 e. The number of rotatable bonds is 4. The maximum atomic E-state index is 13.0. The first-order chi connectivity index (χ1) is 8.48. The van der Waals surface area contributed by atoms with Crippen LogP contribution in [-0.4, -0.2) is 12.4 Å². The minimum Gasteiger partial charge on any atom is -0.426 e. The predicted molar refractivity (Wildman–Crippen MR) is 67.0 cm³/mol. The van der Waals surface area contributed by atoms with Crippen LogP contribution >= 0.6 is 15.9 Å². The molecule has 1 aliphatic carbocycles. The molecular weight excluding hydrogens is 306 g/mol. The molecule has 0 heterocycles. The standard InChI is InChI=1S/C13H13BrF2O2/c1-2-11(17)18-10-6-8(5-9(14)7-10)13(3-4-13)12(15)16/h5-7,12H,2-4H2,1H3. The van der Waals surface area contributed by atoms with E-state index in [1.165, 1.54) is 6.07 Å². The van der Waals surface area contributed by atoms with E-state index in [1.54, 1.807) is 19.1 Å². The first kappa shape index (κ1) is 13.5. The summed E-state index contributed by atoms with van der Waals surface area (Å²) >= 11 is 3.26. The van der Waals surface area contributed by atoms with Crippen molar-refractivity contribution in [2.24, 2.45) is 0 Å². The number of benzene rings is 1. The van der Waals surface area contributed by atoms with Crippen LogP contribution in [0.15, 0.2) is 22.7 Å². The number of carbonyl (C=O) groups is 1. The van der Waals surface area contributed by atoms with Gasteiger partial charge in [-0.1, -0.05) is 22.9 Å². The van der Waals surface area contributed by atoms with Gasteiger partial charge in [-0.25, -0.2) is 8.78 Å². The van der Waals surface area contributed by atoms with Crippen LogP contribution in [0.3, 0.4) is 0 Å². The van der Waals surface area contributed by atoms with Crippen molar-refractivity contribution in [2.45, 2.75) is 38.0 Å². The Morgan fingerprint density at radius 1 is 1.44 bits per heavy atom. The maximum Gasteiger partial charge on any atom is 0.310 e. The first-order valence-corrected chi connectivity index (χ1v) is 6.57. The Hall–Kier alpha value is -0.970. The van der Waals surface area contributed by atoms with Gasteiger partial charge < -0.3 is 4.74 Å². The van der Waals surface area contributed by atoms with Crippen LogP contribution in [0.25, 0.3) is 0 Å². The molecule has 1 aliphatic rings. The molecular formula is C13H13BrF2O2. The SMILES string of the molecule is CCC(=O)Oc1cc(Br)cc(C2(C(F)F)CC2)c1. The predicted octanol–water partition coefficient (Wildman–Crippen LogP) is 4.06. The Labute approximate surface area is 112 Å². The Morgan fingerprint density at radius 2 is 2.11 bits per heavy atom. The number of ether oxygens (including phenoxy) is 1. The Morgan fingerprint density at radius 3 is 2.61 bits per heavy atom. The lowest BCUT2D eigenvalue weighted by Crippen LogP contribution is -2.17. The van der Waals surface area contributed by atoms with Gasteiger partial charge in [0.2, 0.25) is 6.43 Å². The van der Waals surface area contributed by atoms with Crippen LogP contribution in [0.4, 0.5) is 8.78 Å². The van der Waals surface area contributed by atoms with Gasteiger partial charge in [0.25, 0.3) is 0 Å². The Bertz CT molecular complexity index is 470. The van der Waals surface area contributed by atoms with E-state index in [-0.39, 0.29) is 12.4 Å². The molecule has 5 heteroatoms. The van der Waals surface area contributed by atoms with Gasteiger partial charge in [0.1, 0.15) is 5.75 Å². The lowest BCUT2D eigenvalue weighted by Gasteiger charge is -2.16. The molecule has 1 aromatic rings. The zero-order valence-corrected chi connectivity index (χ0v) is 11.5. The molecule has 1 saturated carbocycles. The zero-order valence-electron chi connectivity index (χ0n) is 9.88. The van der Waals surface area contributed by atoms with Gasteiger partial charge in [-0.3, -0.25) is 4.79 Å². The lowest BCUT2D eigenvalue weighted by atomic mass is 9.96. The molecule has 0 saturated heterocycles. The number of carbonyl (C=O) groups excluding carboxylic acids is 1. The summed E-state index contributed by atoms with van der Waals surface area (Å²) in [7, 11) is 0. The molecule has 2 nitrogen and oxygen atoms in total. The Balaban J connectivity index is 2.30. The molecule has 0 atom stereocenters. The van der Waals surface area contributed by atoms with E-state index >= 15 is 0 Å². The third kappa shape index (κ3) is 2.55. The van der Waals surface area contributed by atoms with Gasteiger partial charge in [-0.15, -0.1) is 0 Å². The Kier molecular flexibility index (Phi) is 3.71. The second-order valence-corrected chi connectivity index (χ2v) is 5.38. The van der Waals surface area contributed by atoms with Crippen molar-refractivity contribution < 1.29 is 18.3 Å². The van der Waals surface area contributed by atoms with Crippen LogP contribution in [0.1, 0.15) is 31.7 Å². The topological polar surface area (TPSA) is 26.3 Å². The van der Waals surface area contributed by atoms with Crippen LogP contribution < -0.4 is 4.74 Å². The van der Waals surface area contributed by atoms with Crippen molar-refractivity contribution in [1.29, 1.82) is 0 Å². The summed E-state index contributed by atoms with van der Waals surface area (Å²) in [6.45, 7) is 1.68. The molecule has 0 radical (unpaired) electrons. The minimum absolute atomic E-state index is 0.252. The zero-order chi connectivity index (χ0) is 13.3. The number of alkyl halides is 2. The van der Waals surface area contributed by atoms with Crippen molar-refractivity contribution in [3.63, 3.8) is 0 Å². The van der Waals surface area contributed by atoms with Crippen LogP contribution in [0, 0.1) is 0 Å². The fraction of sp³-hybridized carbons (Fsp3) is 0.462. The molecule has 18 heavy (non-hydrogen) atoms. The molecule has 0 unspecified atom stereocenters. The van der Waals surface area contributed by atoms with Gasteiger partial charge in [-0.05, 0) is 36.6 Å². The van der Waals surface area contributed by atoms with E-state index in [0.29, 0.717) is 28.6 Å². The monoisotopic (exact) mass is 318 g/mol. The summed E-state index contributed by atoms with van der Waals surface area (Å²) in [6.07, 6.45) is -1.19. The molecule has 0 bridgehead atoms. The summed E-state index contributed by atoms with van der Waals surface area (Å²) in [6, 6.07) is 4.82. The fourth-order valence-corrected chi connectivity index (χ4v) is 2.35. The van der Waals surface area contributed by atoms with Gasteiger partial charge in [0.05, 0.1) is 5.41 Å². The van der Waals surface area contributed by atoms with Gasteiger partial charge >= 0.3 is 5.97 Å². The molecule has 98 valence electrons. The quantitative estimate of drug-likeness (QED) is 0.618. The number of hydrogen-bond donors (Lipinski definition) is 0. The summed E-state index contributed by atoms with van der Waals surface area (Å²) < 4.78 is 31.8. The molecule has 1 aromatic carbocycles. The van der Waals surface area contributed by atoms with Crippen LogP contribution in [0.2, 0.25) is 0 Å². The van der Waals surface area contributed by atoms with Crippen molar-refractivity contribution in [3.05, 3.63) is 28.2 Å². The molecule has 2 rings (SSSR count). The molecule has 0 spiro atoms. The second kappa shape index (κ2) is 4.96. The third-order valence-electron chi connectivity index (χ3n) is 3.17. The normalized spacial score (nSPS) is 16.7. The molecule has 1 fully saturated rings. The summed E-state index contributed by atoms with van der Waals surface area (Å²) in [5, 5.41) is 0. The summed E-state index contributed by atoms with van der Waals surface area (Å²) in [5.74, 6) is -0.0564. The van der Waals surface area contributed by atoms with Gasteiger partial charge in [0, 0.05) is 10.9 Å². The lowest BCUT2D eigenvalue weighted by molar-refractivity contribution is -0.134. The van der Waals surface area contributed by atoms with Crippen LogP contribution in [0.5, 0.6) is 5.75 Å². The molecule has 0 aromatic heterocycles. The highest BCUT2D eigenvalue weighted by molar-refractivity contribution is 9.10. The number of hydrogen-bond acceptors (Lipinski definition) is 2. The van der Waals surface area contributed by atoms with E-state index in [4.69, 9.17) is 4.74 Å². The molecule has 0 amide bonds. The molecule has 0 aliphatic heterocycles. The average molecular weight is 319 g/mol. The van der Waals surface area contributed by atoms with E-state index in [2.05, 4.69) is 15.9 Å². The number of esters is 1. The summed E-state index contributed by atoms with van der Waals surface area (Å²) in [5.41, 5.74) is -0.511. The summed E-state index contributed by atoms with van der Waals surface area (Å²) in [4.78, 5) is 11.2. The third-order valence-corrected chi connectivity index (χ3v) is 3.63. The number of halogens is 3. The van der Waals surface area contributed by atoms with E-state index in [9.17, 15) is 13.6 Å². The van der Waals surface area contributed by atoms with Crippen molar-refractivity contribution >= 4 is 21.9 Å². The van der Waals surface area contributed by atoms with E-state index in [1.807, 2.05) is 0 Å². The van der Waals surface area contributed by atoms with E-state index < -0.39 is 11.8 Å². The highest BCUT2D eigenvalue weighted by atomic mass is 79.9. The first-order valence-electron chi connectivity index (χ1n) is 5.78. The second-order valence-electron chi connectivity index (χ2n) is 4.46. The average Bonchev–Trinajstić information content (AvgIpc) is 3.09. The highest BCUT2D eigenvalue weighted by Crippen LogP contribution is 2.53. The van der Waals surface area contributed by atoms with Gasteiger partial charge in [0.15, 0.2) is 0 Å². The van der Waals surface area contributed by atoms with Crippen molar-refractivity contribution in [1.82, 2.24) is 0 Å². The maximum absolute atomic E-state index is 13.0. The smallest absolute Gasteiger partial charge is 0.310 e. The fourth-order valence-electron chi connectivity index (χ4n) is 1.88. The van der Waals surface area contributed by atoms with Gasteiger partial charge in [-0.2, -0.15) is 0 Å². The van der Waals surface area contributed by atoms with Crippen molar-refractivity contribution in [3.8, 4) is 5.75 Å². The minimum atomic E-state index is -2.39. The van der Waals surface area contributed by atoms with Crippen LogP contribution in [-0.2, 0) is 10.2 Å². The highest BCUT2D eigenvalue weighted by Gasteiger charge is 2.52. The van der Waals surface area contributed by atoms with E-state index in [0.717, 1.165) is 0 Å². The van der Waals surface area contributed by atoms with Crippen molar-refractivity contribution in [2.75, 3.05) is 0 Å².